The van der Waals surface area contributed by atoms with Gasteiger partial charge in [0.1, 0.15) is 4.99 Å². The van der Waals surface area contributed by atoms with Crippen LogP contribution >= 0.6 is 12.2 Å². The van der Waals surface area contributed by atoms with Crippen molar-refractivity contribution in [3.05, 3.63) is 35.4 Å². The third-order valence-corrected chi connectivity index (χ3v) is 3.01. The van der Waals surface area contributed by atoms with Crippen LogP contribution in [-0.2, 0) is 4.74 Å². The van der Waals surface area contributed by atoms with Gasteiger partial charge in [0, 0.05) is 30.8 Å². The molecule has 0 fully saturated rings. The topological polar surface area (TPSA) is 55.6 Å². The monoisotopic (exact) mass is 280 g/mol. The predicted molar refractivity (Wildman–Crippen MR) is 80.4 cm³/mol. The number of amides is 1. The second kappa shape index (κ2) is 7.86. The molecule has 4 nitrogen and oxygen atoms in total. The van der Waals surface area contributed by atoms with Gasteiger partial charge in [0.2, 0.25) is 0 Å². The summed E-state index contributed by atoms with van der Waals surface area (Å²) in [7, 11) is 0. The fourth-order valence-electron chi connectivity index (χ4n) is 1.71. The van der Waals surface area contributed by atoms with E-state index in [4.69, 9.17) is 22.7 Å². The van der Waals surface area contributed by atoms with Crippen molar-refractivity contribution < 1.29 is 9.53 Å². The van der Waals surface area contributed by atoms with Crippen molar-refractivity contribution in [3.8, 4) is 0 Å². The lowest BCUT2D eigenvalue weighted by atomic mass is 10.1. The summed E-state index contributed by atoms with van der Waals surface area (Å²) in [6.45, 7) is 6.31. The van der Waals surface area contributed by atoms with Crippen LogP contribution in [0.25, 0.3) is 0 Å². The predicted octanol–water partition coefficient (Wildman–Crippen LogP) is 1.82. The summed E-state index contributed by atoms with van der Waals surface area (Å²) in [6.07, 6.45) is 0. The minimum Gasteiger partial charge on any atom is -0.389 e. The Balaban J connectivity index is 2.79. The fourth-order valence-corrected chi connectivity index (χ4v) is 1.84. The number of hydrogen-bond acceptors (Lipinski definition) is 3. The highest BCUT2D eigenvalue weighted by Crippen LogP contribution is 2.09. The number of carbonyl (C=O) groups excluding carboxylic acids is 1. The van der Waals surface area contributed by atoms with Gasteiger partial charge in [-0.2, -0.15) is 0 Å². The molecule has 104 valence electrons. The number of likely N-dealkylation sites (N-methyl/N-ethyl adjacent to an activating group) is 1. The highest BCUT2D eigenvalue weighted by atomic mass is 32.1. The standard InChI is InChI=1S/C14H20N2O2S/c1-3-16(8-9-18-4-2)14(17)12-7-5-6-11(10-12)13(15)19/h5-7,10H,3-4,8-9H2,1-2H3,(H2,15,19). The lowest BCUT2D eigenvalue weighted by Crippen LogP contribution is -2.34. The van der Waals surface area contributed by atoms with E-state index >= 15 is 0 Å². The van der Waals surface area contributed by atoms with Gasteiger partial charge in [-0.15, -0.1) is 0 Å². The third kappa shape index (κ3) is 4.61. The van der Waals surface area contributed by atoms with E-state index < -0.39 is 0 Å². The van der Waals surface area contributed by atoms with Crippen LogP contribution in [-0.4, -0.2) is 42.1 Å². The summed E-state index contributed by atoms with van der Waals surface area (Å²) in [5.74, 6) is -0.0275. The van der Waals surface area contributed by atoms with Crippen LogP contribution in [0.1, 0.15) is 29.8 Å². The first-order valence-electron chi connectivity index (χ1n) is 6.37. The lowest BCUT2D eigenvalue weighted by molar-refractivity contribution is 0.0669. The maximum Gasteiger partial charge on any atom is 0.253 e. The van der Waals surface area contributed by atoms with Gasteiger partial charge in [-0.3, -0.25) is 4.79 Å². The Morgan fingerprint density at radius 1 is 1.37 bits per heavy atom. The van der Waals surface area contributed by atoms with E-state index in [9.17, 15) is 4.79 Å². The first kappa shape index (κ1) is 15.6. The zero-order valence-corrected chi connectivity index (χ0v) is 12.2. The van der Waals surface area contributed by atoms with Gasteiger partial charge in [0.15, 0.2) is 0 Å². The molecule has 0 aliphatic rings. The highest BCUT2D eigenvalue weighted by Gasteiger charge is 2.14. The van der Waals surface area contributed by atoms with Gasteiger partial charge >= 0.3 is 0 Å². The molecule has 0 spiro atoms. The number of carbonyl (C=O) groups is 1. The van der Waals surface area contributed by atoms with Crippen LogP contribution in [0.3, 0.4) is 0 Å². The van der Waals surface area contributed by atoms with Crippen molar-refractivity contribution in [2.75, 3.05) is 26.3 Å². The molecule has 2 N–H and O–H groups in total. The van der Waals surface area contributed by atoms with Crippen molar-refractivity contribution in [1.29, 1.82) is 0 Å². The summed E-state index contributed by atoms with van der Waals surface area (Å²) in [5, 5.41) is 0. The Morgan fingerprint density at radius 3 is 2.63 bits per heavy atom. The second-order valence-corrected chi connectivity index (χ2v) is 4.47. The largest absolute Gasteiger partial charge is 0.389 e. The molecule has 19 heavy (non-hydrogen) atoms. The Bertz CT molecular complexity index is 449. The van der Waals surface area contributed by atoms with Crippen LogP contribution in [0.5, 0.6) is 0 Å². The van der Waals surface area contributed by atoms with Gasteiger partial charge in [-0.1, -0.05) is 24.4 Å². The van der Waals surface area contributed by atoms with Crippen molar-refractivity contribution in [2.24, 2.45) is 5.73 Å². The number of rotatable bonds is 7. The van der Waals surface area contributed by atoms with Gasteiger partial charge in [0.25, 0.3) is 5.91 Å². The Morgan fingerprint density at radius 2 is 2.05 bits per heavy atom. The normalized spacial score (nSPS) is 10.2. The molecule has 0 saturated carbocycles. The van der Waals surface area contributed by atoms with Crippen molar-refractivity contribution in [3.63, 3.8) is 0 Å². The van der Waals surface area contributed by atoms with E-state index in [-0.39, 0.29) is 5.91 Å². The van der Waals surface area contributed by atoms with Crippen molar-refractivity contribution in [2.45, 2.75) is 13.8 Å². The average Bonchev–Trinajstić information content (AvgIpc) is 2.43. The number of nitrogens with zero attached hydrogens (tertiary/aromatic N) is 1. The van der Waals surface area contributed by atoms with Gasteiger partial charge < -0.3 is 15.4 Å². The quantitative estimate of drug-likeness (QED) is 0.611. The third-order valence-electron chi connectivity index (χ3n) is 2.77. The number of ether oxygens (including phenoxy) is 1. The molecule has 0 atom stereocenters. The smallest absolute Gasteiger partial charge is 0.253 e. The molecular weight excluding hydrogens is 260 g/mol. The van der Waals surface area contributed by atoms with Gasteiger partial charge in [0.05, 0.1) is 6.61 Å². The molecule has 0 aliphatic heterocycles. The van der Waals surface area contributed by atoms with E-state index in [1.807, 2.05) is 13.8 Å². The highest BCUT2D eigenvalue weighted by molar-refractivity contribution is 7.80. The van der Waals surface area contributed by atoms with Crippen LogP contribution < -0.4 is 5.73 Å². The lowest BCUT2D eigenvalue weighted by Gasteiger charge is -2.21. The number of thiocarbonyl (C=S) groups is 1. The first-order valence-corrected chi connectivity index (χ1v) is 6.77. The van der Waals surface area contributed by atoms with E-state index in [1.54, 1.807) is 29.2 Å². The number of benzene rings is 1. The maximum atomic E-state index is 12.3. The number of nitrogens with two attached hydrogens (primary N) is 1. The molecule has 5 heteroatoms. The summed E-state index contributed by atoms with van der Waals surface area (Å²) in [6, 6.07) is 7.09. The average molecular weight is 280 g/mol. The van der Waals surface area contributed by atoms with Crippen LogP contribution in [0.2, 0.25) is 0 Å². The maximum absolute atomic E-state index is 12.3. The Hall–Kier alpha value is -1.46. The summed E-state index contributed by atoms with van der Waals surface area (Å²) < 4.78 is 5.28. The van der Waals surface area contributed by atoms with E-state index in [0.29, 0.717) is 42.4 Å². The second-order valence-electron chi connectivity index (χ2n) is 4.03. The fraction of sp³-hybridized carbons (Fsp3) is 0.429. The van der Waals surface area contributed by atoms with Crippen molar-refractivity contribution >= 4 is 23.1 Å². The molecule has 0 aliphatic carbocycles. The molecule has 1 aromatic carbocycles. The van der Waals surface area contributed by atoms with E-state index in [2.05, 4.69) is 0 Å². The molecule has 0 aromatic heterocycles. The SMILES string of the molecule is CCOCCN(CC)C(=O)c1cccc(C(N)=S)c1. The number of hydrogen-bond donors (Lipinski definition) is 1. The molecular formula is C14H20N2O2S. The van der Waals surface area contributed by atoms with Crippen molar-refractivity contribution in [1.82, 2.24) is 4.90 Å². The van der Waals surface area contributed by atoms with E-state index in [0.717, 1.165) is 0 Å². The van der Waals surface area contributed by atoms with E-state index in [1.165, 1.54) is 0 Å². The van der Waals surface area contributed by atoms with Crippen LogP contribution in [0, 0.1) is 0 Å². The van der Waals surface area contributed by atoms with Crippen LogP contribution in [0.15, 0.2) is 24.3 Å². The molecule has 1 aromatic rings. The Labute approximate surface area is 119 Å². The molecule has 0 unspecified atom stereocenters. The molecule has 1 rings (SSSR count). The zero-order valence-electron chi connectivity index (χ0n) is 11.4. The summed E-state index contributed by atoms with van der Waals surface area (Å²) in [5.41, 5.74) is 6.89. The minimum absolute atomic E-state index is 0.0275. The minimum atomic E-state index is -0.0275. The molecule has 0 radical (unpaired) electrons. The summed E-state index contributed by atoms with van der Waals surface area (Å²) >= 11 is 4.92. The molecule has 0 heterocycles. The Kier molecular flexibility index (Phi) is 6.45. The molecule has 0 bridgehead atoms. The zero-order chi connectivity index (χ0) is 14.3. The van der Waals surface area contributed by atoms with Gasteiger partial charge in [-0.05, 0) is 26.0 Å². The molecule has 0 saturated heterocycles. The van der Waals surface area contributed by atoms with Gasteiger partial charge in [-0.25, -0.2) is 0 Å². The first-order chi connectivity index (χ1) is 9.10. The van der Waals surface area contributed by atoms with Crippen LogP contribution in [0.4, 0.5) is 0 Å². The summed E-state index contributed by atoms with van der Waals surface area (Å²) in [4.78, 5) is 14.4. The molecule has 1 amide bonds.